The molecule has 0 aliphatic rings. The molecule has 18 heavy (non-hydrogen) atoms. The van der Waals surface area contributed by atoms with Crippen molar-refractivity contribution in [2.75, 3.05) is 0 Å². The number of halogens is 1. The van der Waals surface area contributed by atoms with Crippen LogP contribution < -0.4 is 5.73 Å². The zero-order chi connectivity index (χ0) is 13.0. The Hall–Kier alpha value is -2.43. The van der Waals surface area contributed by atoms with Crippen LogP contribution in [-0.4, -0.2) is 11.1 Å². The normalized spacial score (nSPS) is 11.8. The van der Waals surface area contributed by atoms with E-state index in [1.54, 1.807) is 24.3 Å². The van der Waals surface area contributed by atoms with Crippen LogP contribution in [-0.2, 0) is 4.74 Å². The summed E-state index contributed by atoms with van der Waals surface area (Å²) in [5.74, 6) is -0.499. The number of rotatable bonds is 3. The molecule has 2 aromatic rings. The number of benzene rings is 1. The Morgan fingerprint density at radius 3 is 2.56 bits per heavy atom. The second-order valence-corrected chi connectivity index (χ2v) is 3.66. The molecule has 1 heterocycles. The van der Waals surface area contributed by atoms with Crippen molar-refractivity contribution < 1.29 is 13.9 Å². The van der Waals surface area contributed by atoms with Crippen molar-refractivity contribution in [2.45, 2.75) is 6.10 Å². The van der Waals surface area contributed by atoms with Gasteiger partial charge in [-0.15, -0.1) is 0 Å². The van der Waals surface area contributed by atoms with Crippen LogP contribution in [0.3, 0.4) is 0 Å². The first-order valence-electron chi connectivity index (χ1n) is 5.28. The highest BCUT2D eigenvalue weighted by molar-refractivity contribution is 5.65. The predicted molar refractivity (Wildman–Crippen MR) is 63.1 cm³/mol. The first kappa shape index (κ1) is 12.0. The van der Waals surface area contributed by atoms with E-state index in [0.717, 1.165) is 6.20 Å². The minimum atomic E-state index is -0.923. The molecule has 0 saturated carbocycles. The first-order chi connectivity index (χ1) is 8.66. The molecule has 0 aliphatic carbocycles. The van der Waals surface area contributed by atoms with E-state index in [4.69, 9.17) is 10.5 Å². The smallest absolute Gasteiger partial charge is 0.405 e. The van der Waals surface area contributed by atoms with Crippen LogP contribution in [0.4, 0.5) is 9.18 Å². The second kappa shape index (κ2) is 5.27. The van der Waals surface area contributed by atoms with Gasteiger partial charge in [-0.2, -0.15) is 0 Å². The number of amides is 1. The summed E-state index contributed by atoms with van der Waals surface area (Å²) in [6.45, 7) is 0. The molecule has 0 radical (unpaired) electrons. The van der Waals surface area contributed by atoms with Crippen LogP contribution in [0, 0.1) is 5.82 Å². The molecule has 5 heteroatoms. The number of hydrogen-bond acceptors (Lipinski definition) is 3. The van der Waals surface area contributed by atoms with E-state index >= 15 is 0 Å². The lowest BCUT2D eigenvalue weighted by Gasteiger charge is -2.17. The van der Waals surface area contributed by atoms with Crippen molar-refractivity contribution in [3.63, 3.8) is 0 Å². The fourth-order valence-electron chi connectivity index (χ4n) is 1.64. The Kier molecular flexibility index (Phi) is 3.52. The Labute approximate surface area is 103 Å². The Bertz CT molecular complexity index is 546. The number of aromatic nitrogens is 1. The van der Waals surface area contributed by atoms with E-state index < -0.39 is 18.0 Å². The van der Waals surface area contributed by atoms with Crippen LogP contribution in [0.5, 0.6) is 0 Å². The molecule has 0 saturated heterocycles. The van der Waals surface area contributed by atoms with Crippen LogP contribution >= 0.6 is 0 Å². The summed E-state index contributed by atoms with van der Waals surface area (Å²) in [7, 11) is 0. The molecule has 0 spiro atoms. The van der Waals surface area contributed by atoms with E-state index in [9.17, 15) is 9.18 Å². The maximum atomic E-state index is 13.1. The Balaban J connectivity index is 2.40. The van der Waals surface area contributed by atoms with Gasteiger partial charge in [0.1, 0.15) is 5.82 Å². The highest BCUT2D eigenvalue weighted by Crippen LogP contribution is 2.25. The molecule has 0 fully saturated rings. The number of ether oxygens (including phenoxy) is 1. The maximum absolute atomic E-state index is 13.1. The van der Waals surface area contributed by atoms with Crippen LogP contribution in [0.15, 0.2) is 48.8 Å². The maximum Gasteiger partial charge on any atom is 0.405 e. The number of nitrogens with two attached hydrogens (primary N) is 1. The standard InChI is InChI=1S/C13H11FN2O2/c14-11-6-10(7-16-8-11)12(18-13(15)17)9-4-2-1-3-5-9/h1-8,12H,(H2,15,17). The third kappa shape index (κ3) is 2.82. The highest BCUT2D eigenvalue weighted by atomic mass is 19.1. The molecule has 1 amide bonds. The number of primary amides is 1. The predicted octanol–water partition coefficient (Wildman–Crippen LogP) is 2.41. The lowest BCUT2D eigenvalue weighted by molar-refractivity contribution is 0.126. The number of hydrogen-bond donors (Lipinski definition) is 1. The van der Waals surface area contributed by atoms with E-state index in [1.165, 1.54) is 12.3 Å². The average molecular weight is 246 g/mol. The molecule has 1 unspecified atom stereocenters. The number of nitrogens with zero attached hydrogens (tertiary/aromatic N) is 1. The Morgan fingerprint density at radius 2 is 1.94 bits per heavy atom. The van der Waals surface area contributed by atoms with E-state index in [0.29, 0.717) is 11.1 Å². The average Bonchev–Trinajstić information content (AvgIpc) is 2.37. The largest absolute Gasteiger partial charge is 0.437 e. The number of carbonyl (C=O) groups excluding carboxylic acids is 1. The summed E-state index contributed by atoms with van der Waals surface area (Å²) in [6.07, 6.45) is 0.833. The SMILES string of the molecule is NC(=O)OC(c1ccccc1)c1cncc(F)c1. The molecule has 0 bridgehead atoms. The van der Waals surface area contributed by atoms with Crippen molar-refractivity contribution in [1.82, 2.24) is 4.98 Å². The van der Waals surface area contributed by atoms with Crippen molar-refractivity contribution in [3.05, 3.63) is 65.7 Å². The van der Waals surface area contributed by atoms with Gasteiger partial charge in [-0.3, -0.25) is 4.98 Å². The van der Waals surface area contributed by atoms with Crippen molar-refractivity contribution in [1.29, 1.82) is 0 Å². The van der Waals surface area contributed by atoms with Gasteiger partial charge in [0.2, 0.25) is 0 Å². The topological polar surface area (TPSA) is 65.2 Å². The monoisotopic (exact) mass is 246 g/mol. The third-order valence-electron chi connectivity index (χ3n) is 2.37. The first-order valence-corrected chi connectivity index (χ1v) is 5.28. The van der Waals surface area contributed by atoms with Crippen LogP contribution in [0.2, 0.25) is 0 Å². The summed E-state index contributed by atoms with van der Waals surface area (Å²) in [5.41, 5.74) is 6.16. The van der Waals surface area contributed by atoms with Gasteiger partial charge >= 0.3 is 6.09 Å². The number of pyridine rings is 1. The molecular formula is C13H11FN2O2. The molecular weight excluding hydrogens is 235 g/mol. The summed E-state index contributed by atoms with van der Waals surface area (Å²) >= 11 is 0. The Morgan fingerprint density at radius 1 is 1.22 bits per heavy atom. The van der Waals surface area contributed by atoms with Crippen molar-refractivity contribution in [3.8, 4) is 0 Å². The summed E-state index contributed by atoms with van der Waals surface area (Å²) in [5, 5.41) is 0. The molecule has 1 aromatic carbocycles. The molecule has 92 valence electrons. The van der Waals surface area contributed by atoms with Gasteiger partial charge in [0, 0.05) is 11.8 Å². The fraction of sp³-hybridized carbons (Fsp3) is 0.0769. The molecule has 1 atom stereocenters. The van der Waals surface area contributed by atoms with Gasteiger partial charge in [-0.05, 0) is 11.6 Å². The van der Waals surface area contributed by atoms with Crippen LogP contribution in [0.25, 0.3) is 0 Å². The molecule has 1 aromatic heterocycles. The zero-order valence-corrected chi connectivity index (χ0v) is 9.42. The molecule has 2 N–H and O–H groups in total. The molecule has 0 aliphatic heterocycles. The fourth-order valence-corrected chi connectivity index (χ4v) is 1.64. The summed E-state index contributed by atoms with van der Waals surface area (Å²) in [6, 6.07) is 10.2. The van der Waals surface area contributed by atoms with Gasteiger partial charge in [-0.25, -0.2) is 9.18 Å². The molecule has 4 nitrogen and oxygen atoms in total. The quantitative estimate of drug-likeness (QED) is 0.904. The minimum absolute atomic E-state index is 0.431. The van der Waals surface area contributed by atoms with E-state index in [1.807, 2.05) is 6.07 Å². The second-order valence-electron chi connectivity index (χ2n) is 3.66. The highest BCUT2D eigenvalue weighted by Gasteiger charge is 2.18. The lowest BCUT2D eigenvalue weighted by Crippen LogP contribution is -2.18. The number of carbonyl (C=O) groups is 1. The third-order valence-corrected chi connectivity index (χ3v) is 2.37. The van der Waals surface area contributed by atoms with Crippen molar-refractivity contribution in [2.24, 2.45) is 5.73 Å². The lowest BCUT2D eigenvalue weighted by atomic mass is 10.0. The van der Waals surface area contributed by atoms with Crippen LogP contribution in [0.1, 0.15) is 17.2 Å². The summed E-state index contributed by atoms with van der Waals surface area (Å²) < 4.78 is 18.2. The van der Waals surface area contributed by atoms with Gasteiger partial charge in [-0.1, -0.05) is 30.3 Å². The summed E-state index contributed by atoms with van der Waals surface area (Å²) in [4.78, 5) is 14.7. The van der Waals surface area contributed by atoms with Gasteiger partial charge in [0.15, 0.2) is 6.10 Å². The van der Waals surface area contributed by atoms with Gasteiger partial charge < -0.3 is 10.5 Å². The van der Waals surface area contributed by atoms with Gasteiger partial charge in [0.25, 0.3) is 0 Å². The van der Waals surface area contributed by atoms with Gasteiger partial charge in [0.05, 0.1) is 6.20 Å². The molecule has 2 rings (SSSR count). The zero-order valence-electron chi connectivity index (χ0n) is 9.42. The van der Waals surface area contributed by atoms with E-state index in [2.05, 4.69) is 4.98 Å². The minimum Gasteiger partial charge on any atom is -0.437 e. The van der Waals surface area contributed by atoms with E-state index in [-0.39, 0.29) is 0 Å². The van der Waals surface area contributed by atoms with Crippen molar-refractivity contribution >= 4 is 6.09 Å².